The number of urea groups is 1. The van der Waals surface area contributed by atoms with Crippen LogP contribution in [0.25, 0.3) is 0 Å². The smallest absolute Gasteiger partial charge is 0.338 e. The fourth-order valence-electron chi connectivity index (χ4n) is 5.97. The SMILES string of the molecule is CN1CCC(NC(=O)CN2C(=O)C(N)(NC(=O)Nc3cccc(C(=O)OCc4ccccc4)c3)CN(C(=O)C(C)(C)C)c3ccccc32)CC1.Cl. The van der Waals surface area contributed by atoms with E-state index in [4.69, 9.17) is 10.5 Å². The van der Waals surface area contributed by atoms with Crippen molar-refractivity contribution in [2.75, 3.05) is 48.3 Å². The normalized spacial score (nSPS) is 18.1. The number of nitrogens with zero attached hydrogens (tertiary/aromatic N) is 3. The quantitative estimate of drug-likeness (QED) is 0.201. The summed E-state index contributed by atoms with van der Waals surface area (Å²) in [7, 11) is 2.03. The van der Waals surface area contributed by atoms with E-state index < -0.39 is 35.5 Å². The number of piperidine rings is 1. The fraction of sp³-hybridized carbons (Fsp3) is 0.378. The summed E-state index contributed by atoms with van der Waals surface area (Å²) in [6.07, 6.45) is 1.55. The number of halogens is 1. The fourth-order valence-corrected chi connectivity index (χ4v) is 5.97. The van der Waals surface area contributed by atoms with Gasteiger partial charge in [0.15, 0.2) is 5.66 Å². The van der Waals surface area contributed by atoms with Gasteiger partial charge in [-0.05, 0) is 68.9 Å². The molecule has 1 atom stereocenters. The molecule has 0 aliphatic carbocycles. The highest BCUT2D eigenvalue weighted by molar-refractivity contribution is 6.12. The van der Waals surface area contributed by atoms with Crippen LogP contribution in [0.5, 0.6) is 0 Å². The molecule has 5 amide bonds. The van der Waals surface area contributed by atoms with Crippen molar-refractivity contribution in [1.29, 1.82) is 0 Å². The third-order valence-electron chi connectivity index (χ3n) is 8.68. The van der Waals surface area contributed by atoms with Crippen LogP contribution in [0.15, 0.2) is 78.9 Å². The Kier molecular flexibility index (Phi) is 12.5. The third kappa shape index (κ3) is 9.63. The summed E-state index contributed by atoms with van der Waals surface area (Å²) in [6.45, 7) is 6.19. The van der Waals surface area contributed by atoms with Gasteiger partial charge >= 0.3 is 12.0 Å². The monoisotopic (exact) mass is 719 g/mol. The van der Waals surface area contributed by atoms with Crippen molar-refractivity contribution in [2.24, 2.45) is 11.1 Å². The molecule has 2 aliphatic rings. The standard InChI is InChI=1S/C37H45N7O6.ClH/c1-36(2,3)33(47)44-24-37(38,41-35(49)40-28-14-10-13-26(21-28)32(46)50-23-25-11-6-5-7-12-25)34(48)43(29-15-8-9-16-30(29)44)22-31(45)39-27-17-19-42(4)20-18-27;/h5-16,21,27H,17-20,22-24,38H2,1-4H3,(H,39,45)(H2,40,41,49);1H. The van der Waals surface area contributed by atoms with Crippen molar-refractivity contribution in [1.82, 2.24) is 15.5 Å². The molecule has 272 valence electrons. The molecular weight excluding hydrogens is 674 g/mol. The topological polar surface area (TPSA) is 166 Å². The maximum Gasteiger partial charge on any atom is 0.338 e. The van der Waals surface area contributed by atoms with Crippen molar-refractivity contribution < 1.29 is 28.7 Å². The average Bonchev–Trinajstić information content (AvgIpc) is 3.17. The Morgan fingerprint density at radius 2 is 1.57 bits per heavy atom. The number of amides is 5. The molecule has 1 saturated heterocycles. The lowest BCUT2D eigenvalue weighted by molar-refractivity contribution is -0.128. The zero-order valence-electron chi connectivity index (χ0n) is 29.3. The third-order valence-corrected chi connectivity index (χ3v) is 8.68. The molecule has 3 aromatic rings. The molecule has 2 aliphatic heterocycles. The minimum absolute atomic E-state index is 0. The Bertz CT molecular complexity index is 1740. The maximum atomic E-state index is 14.4. The van der Waals surface area contributed by atoms with Gasteiger partial charge in [-0.3, -0.25) is 25.0 Å². The van der Waals surface area contributed by atoms with Gasteiger partial charge in [-0.2, -0.15) is 0 Å². The number of ether oxygens (including phenoxy) is 1. The summed E-state index contributed by atoms with van der Waals surface area (Å²) in [6, 6.07) is 21.2. The second-order valence-corrected chi connectivity index (χ2v) is 13.9. The molecule has 3 aromatic carbocycles. The summed E-state index contributed by atoms with van der Waals surface area (Å²) in [5.41, 5.74) is 5.69. The number of benzene rings is 3. The predicted octanol–water partition coefficient (Wildman–Crippen LogP) is 3.88. The number of nitrogens with two attached hydrogens (primary N) is 1. The number of esters is 1. The Balaban J connectivity index is 0.00000583. The molecule has 5 N–H and O–H groups in total. The highest BCUT2D eigenvalue weighted by atomic mass is 35.5. The predicted molar refractivity (Wildman–Crippen MR) is 198 cm³/mol. The molecule has 0 aromatic heterocycles. The molecule has 51 heavy (non-hydrogen) atoms. The van der Waals surface area contributed by atoms with Crippen LogP contribution in [0.4, 0.5) is 21.9 Å². The molecule has 1 fully saturated rings. The van der Waals surface area contributed by atoms with E-state index in [1.165, 1.54) is 15.9 Å². The van der Waals surface area contributed by atoms with Gasteiger partial charge in [0.1, 0.15) is 13.2 Å². The van der Waals surface area contributed by atoms with E-state index in [-0.39, 0.29) is 54.7 Å². The number of hydrogen-bond acceptors (Lipinski definition) is 8. The molecule has 2 heterocycles. The Morgan fingerprint density at radius 1 is 0.922 bits per heavy atom. The number of carbonyl (C=O) groups is 5. The molecular formula is C37H46ClN7O6. The van der Waals surface area contributed by atoms with E-state index in [0.717, 1.165) is 31.5 Å². The highest BCUT2D eigenvalue weighted by Crippen LogP contribution is 2.36. The van der Waals surface area contributed by atoms with E-state index in [9.17, 15) is 24.0 Å². The van der Waals surface area contributed by atoms with Crippen molar-refractivity contribution in [3.8, 4) is 0 Å². The van der Waals surface area contributed by atoms with Crippen LogP contribution in [-0.2, 0) is 25.7 Å². The van der Waals surface area contributed by atoms with Gasteiger partial charge in [0.25, 0.3) is 5.91 Å². The molecule has 0 radical (unpaired) electrons. The van der Waals surface area contributed by atoms with Gasteiger partial charge in [0.2, 0.25) is 11.8 Å². The number of carbonyl (C=O) groups excluding carboxylic acids is 5. The summed E-state index contributed by atoms with van der Waals surface area (Å²) in [5.74, 6) is -2.09. The number of fused-ring (bicyclic) bond motifs is 1. The molecule has 14 heteroatoms. The lowest BCUT2D eigenvalue weighted by Crippen LogP contribution is -2.71. The van der Waals surface area contributed by atoms with E-state index in [2.05, 4.69) is 20.9 Å². The van der Waals surface area contributed by atoms with Gasteiger partial charge in [0.05, 0.1) is 23.5 Å². The zero-order chi connectivity index (χ0) is 36.1. The van der Waals surface area contributed by atoms with Gasteiger partial charge in [0, 0.05) is 17.1 Å². The molecule has 0 bridgehead atoms. The summed E-state index contributed by atoms with van der Waals surface area (Å²) >= 11 is 0. The first-order valence-corrected chi connectivity index (χ1v) is 16.6. The minimum atomic E-state index is -2.16. The van der Waals surface area contributed by atoms with E-state index in [0.29, 0.717) is 11.4 Å². The van der Waals surface area contributed by atoms with Gasteiger partial charge in [-0.25, -0.2) is 9.59 Å². The first-order chi connectivity index (χ1) is 23.7. The number of nitrogens with one attached hydrogen (secondary N) is 3. The first-order valence-electron chi connectivity index (χ1n) is 16.6. The van der Waals surface area contributed by atoms with E-state index in [1.807, 2.05) is 37.4 Å². The van der Waals surface area contributed by atoms with Gasteiger partial charge in [-0.15, -0.1) is 12.4 Å². The lowest BCUT2D eigenvalue weighted by atomic mass is 9.93. The largest absolute Gasteiger partial charge is 0.457 e. The van der Waals surface area contributed by atoms with Crippen molar-refractivity contribution in [2.45, 2.75) is 51.9 Å². The molecule has 13 nitrogen and oxygen atoms in total. The lowest BCUT2D eigenvalue weighted by Gasteiger charge is -2.35. The van der Waals surface area contributed by atoms with Crippen molar-refractivity contribution in [3.05, 3.63) is 90.0 Å². The molecule has 0 saturated carbocycles. The van der Waals surface area contributed by atoms with Crippen LogP contribution < -0.4 is 31.5 Å². The summed E-state index contributed by atoms with van der Waals surface area (Å²) in [4.78, 5) is 72.8. The molecule has 5 rings (SSSR count). The van der Waals surface area contributed by atoms with Crippen molar-refractivity contribution in [3.63, 3.8) is 0 Å². The number of hydrogen-bond donors (Lipinski definition) is 4. The maximum absolute atomic E-state index is 14.4. The summed E-state index contributed by atoms with van der Waals surface area (Å²) in [5, 5.41) is 8.25. The second-order valence-electron chi connectivity index (χ2n) is 13.9. The van der Waals surface area contributed by atoms with Crippen molar-refractivity contribution >= 4 is 59.2 Å². The van der Waals surface area contributed by atoms with Crippen LogP contribution >= 0.6 is 12.4 Å². The van der Waals surface area contributed by atoms with E-state index >= 15 is 0 Å². The number of rotatable bonds is 8. The first kappa shape index (κ1) is 38.8. The number of para-hydroxylation sites is 2. The zero-order valence-corrected chi connectivity index (χ0v) is 30.1. The van der Waals surface area contributed by atoms with Crippen LogP contribution in [-0.4, -0.2) is 79.6 Å². The molecule has 1 unspecified atom stereocenters. The Labute approximate surface area is 304 Å². The van der Waals surface area contributed by atoms with E-state index in [1.54, 1.807) is 63.2 Å². The second kappa shape index (κ2) is 16.4. The number of anilines is 3. The number of likely N-dealkylation sites (tertiary alicyclic amines) is 1. The average molecular weight is 720 g/mol. The van der Waals surface area contributed by atoms with Gasteiger partial charge in [-0.1, -0.05) is 69.3 Å². The molecule has 0 spiro atoms. The van der Waals surface area contributed by atoms with Crippen LogP contribution in [0.1, 0.15) is 49.5 Å². The Hall–Kier alpha value is -4.98. The van der Waals surface area contributed by atoms with Gasteiger partial charge < -0.3 is 30.5 Å². The summed E-state index contributed by atoms with van der Waals surface area (Å²) < 4.78 is 5.42. The van der Waals surface area contributed by atoms with Crippen LogP contribution in [0.3, 0.4) is 0 Å². The highest BCUT2D eigenvalue weighted by Gasteiger charge is 2.48. The minimum Gasteiger partial charge on any atom is -0.457 e. The Morgan fingerprint density at radius 3 is 2.24 bits per heavy atom. The van der Waals surface area contributed by atoms with Crippen LogP contribution in [0, 0.1) is 5.41 Å². The van der Waals surface area contributed by atoms with Crippen LogP contribution in [0.2, 0.25) is 0 Å².